The van der Waals surface area contributed by atoms with Gasteiger partial charge in [-0.3, -0.25) is 0 Å². The Morgan fingerprint density at radius 1 is 1.07 bits per heavy atom. The zero-order valence-corrected chi connectivity index (χ0v) is 15.5. The van der Waals surface area contributed by atoms with Crippen LogP contribution in [0.5, 0.6) is 0 Å². The van der Waals surface area contributed by atoms with E-state index in [1.807, 2.05) is 30.3 Å². The highest BCUT2D eigenvalue weighted by molar-refractivity contribution is 7.99. The number of thioether (sulfide) groups is 1. The smallest absolute Gasteiger partial charge is 0.326 e. The van der Waals surface area contributed by atoms with Gasteiger partial charge >= 0.3 is 6.18 Å². The van der Waals surface area contributed by atoms with Crippen molar-refractivity contribution in [2.45, 2.75) is 18.0 Å². The molecule has 2 aromatic heterocycles. The molecule has 0 saturated heterocycles. The molecule has 0 radical (unpaired) electrons. The van der Waals surface area contributed by atoms with E-state index in [-0.39, 0.29) is 5.52 Å². The molecule has 0 aliphatic carbocycles. The number of alkyl halides is 3. The molecule has 0 spiro atoms. The second-order valence-electron chi connectivity index (χ2n) is 6.18. The fourth-order valence-corrected chi connectivity index (χ4v) is 3.98. The molecule has 0 fully saturated rings. The van der Waals surface area contributed by atoms with Gasteiger partial charge < -0.3 is 4.57 Å². The highest BCUT2D eigenvalue weighted by Gasteiger charge is 2.33. The third-order valence-electron chi connectivity index (χ3n) is 4.45. The molecule has 0 saturated carbocycles. The van der Waals surface area contributed by atoms with Crippen LogP contribution >= 0.6 is 11.8 Å². The van der Waals surface area contributed by atoms with Gasteiger partial charge in [0.15, 0.2) is 0 Å². The van der Waals surface area contributed by atoms with Crippen molar-refractivity contribution in [2.24, 2.45) is 7.05 Å². The summed E-state index contributed by atoms with van der Waals surface area (Å²) in [6.07, 6.45) is -3.25. The van der Waals surface area contributed by atoms with E-state index < -0.39 is 11.9 Å². The third kappa shape index (κ3) is 3.16. The molecule has 0 aliphatic rings. The monoisotopic (exact) mass is 387 g/mol. The molecule has 4 aromatic rings. The van der Waals surface area contributed by atoms with E-state index in [9.17, 15) is 13.2 Å². The summed E-state index contributed by atoms with van der Waals surface area (Å²) in [7, 11) is 1.80. The first kappa shape index (κ1) is 17.9. The molecule has 0 amide bonds. The van der Waals surface area contributed by atoms with Crippen LogP contribution in [-0.4, -0.2) is 20.3 Å². The van der Waals surface area contributed by atoms with E-state index in [2.05, 4.69) is 23.0 Å². The van der Waals surface area contributed by atoms with E-state index >= 15 is 0 Å². The Kier molecular flexibility index (Phi) is 4.34. The molecule has 138 valence electrons. The minimum absolute atomic E-state index is 0.287. The van der Waals surface area contributed by atoms with E-state index in [0.717, 1.165) is 33.1 Å². The number of fused-ring (bicyclic) bond motifs is 2. The zero-order valence-electron chi connectivity index (χ0n) is 14.7. The van der Waals surface area contributed by atoms with Crippen LogP contribution in [0.4, 0.5) is 13.2 Å². The Morgan fingerprint density at radius 2 is 1.78 bits per heavy atom. The second-order valence-corrected chi connectivity index (χ2v) is 7.48. The fourth-order valence-electron chi connectivity index (χ4n) is 3.15. The molecule has 0 bridgehead atoms. The Bertz CT molecular complexity index is 1150. The molecule has 7 heteroatoms. The molecule has 0 N–H and O–H groups in total. The molecule has 2 heterocycles. The second kappa shape index (κ2) is 6.56. The first-order valence-electron chi connectivity index (χ1n) is 8.44. The molecular weight excluding hydrogens is 371 g/mol. The Hall–Kier alpha value is -2.54. The maximum Gasteiger partial charge on any atom is 0.433 e. The van der Waals surface area contributed by atoms with Gasteiger partial charge in [-0.1, -0.05) is 31.2 Å². The summed E-state index contributed by atoms with van der Waals surface area (Å²) in [5, 5.41) is 2.19. The maximum atomic E-state index is 13.0. The van der Waals surface area contributed by atoms with Crippen LogP contribution in [-0.2, 0) is 13.2 Å². The van der Waals surface area contributed by atoms with Crippen molar-refractivity contribution in [3.8, 4) is 11.4 Å². The highest BCUT2D eigenvalue weighted by atomic mass is 32.2. The number of pyridine rings is 1. The highest BCUT2D eigenvalue weighted by Crippen LogP contribution is 2.36. The van der Waals surface area contributed by atoms with Crippen molar-refractivity contribution < 1.29 is 13.2 Å². The van der Waals surface area contributed by atoms with Crippen molar-refractivity contribution in [3.63, 3.8) is 0 Å². The lowest BCUT2D eigenvalue weighted by Gasteiger charge is -2.11. The van der Waals surface area contributed by atoms with E-state index in [1.165, 1.54) is 6.20 Å². The predicted octanol–water partition coefficient (Wildman–Crippen LogP) is 5.92. The summed E-state index contributed by atoms with van der Waals surface area (Å²) in [5.41, 5.74) is 0.836. The summed E-state index contributed by atoms with van der Waals surface area (Å²) in [5.74, 6) is 1.52. The Labute approximate surface area is 158 Å². The summed E-state index contributed by atoms with van der Waals surface area (Å²) in [4.78, 5) is 9.13. The number of hydrogen-bond acceptors (Lipinski definition) is 3. The first-order chi connectivity index (χ1) is 12.9. The molecule has 0 aliphatic heterocycles. The number of halogens is 3. The number of aryl methyl sites for hydroxylation is 1. The number of aromatic nitrogens is 3. The van der Waals surface area contributed by atoms with Crippen LogP contribution in [0.1, 0.15) is 12.6 Å². The Morgan fingerprint density at radius 3 is 2.44 bits per heavy atom. The lowest BCUT2D eigenvalue weighted by molar-refractivity contribution is -0.141. The van der Waals surface area contributed by atoms with Gasteiger partial charge in [0, 0.05) is 17.5 Å². The first-order valence-corrected chi connectivity index (χ1v) is 9.42. The van der Waals surface area contributed by atoms with E-state index in [4.69, 9.17) is 0 Å². The number of rotatable bonds is 3. The predicted molar refractivity (Wildman–Crippen MR) is 103 cm³/mol. The number of imidazole rings is 1. The lowest BCUT2D eigenvalue weighted by Crippen LogP contribution is -2.07. The molecule has 4 rings (SSSR count). The van der Waals surface area contributed by atoms with Gasteiger partial charge in [0.2, 0.25) is 0 Å². The van der Waals surface area contributed by atoms with Crippen LogP contribution in [0, 0.1) is 0 Å². The SMILES string of the molecule is CCSc1cc2ccccc2cc1-c1nc2cc(C(F)(F)F)ncc2n1C. The number of nitrogens with zero attached hydrogens (tertiary/aromatic N) is 3. The topological polar surface area (TPSA) is 30.7 Å². The standard InChI is InChI=1S/C20H16F3N3S/c1-3-27-17-9-13-7-5-4-6-12(13)8-14(17)19-25-15-10-18(20(21,22)23)24-11-16(15)26(19)2/h4-11H,3H2,1-2H3. The average Bonchev–Trinajstić information content (AvgIpc) is 2.97. The van der Waals surface area contributed by atoms with Crippen molar-refractivity contribution >= 4 is 33.6 Å². The van der Waals surface area contributed by atoms with Crippen molar-refractivity contribution in [3.05, 3.63) is 54.4 Å². The number of benzene rings is 2. The molecule has 0 atom stereocenters. The van der Waals surface area contributed by atoms with E-state index in [1.54, 1.807) is 23.4 Å². The largest absolute Gasteiger partial charge is 0.433 e. The van der Waals surface area contributed by atoms with Crippen LogP contribution in [0.15, 0.2) is 53.6 Å². The van der Waals surface area contributed by atoms with Crippen molar-refractivity contribution in [1.29, 1.82) is 0 Å². The zero-order chi connectivity index (χ0) is 19.2. The van der Waals surface area contributed by atoms with Crippen LogP contribution < -0.4 is 0 Å². The quantitative estimate of drug-likeness (QED) is 0.409. The van der Waals surface area contributed by atoms with Crippen molar-refractivity contribution in [1.82, 2.24) is 14.5 Å². The normalized spacial score (nSPS) is 12.2. The van der Waals surface area contributed by atoms with Crippen LogP contribution in [0.25, 0.3) is 33.2 Å². The van der Waals surface area contributed by atoms with Gasteiger partial charge in [-0.15, -0.1) is 11.8 Å². The summed E-state index contributed by atoms with van der Waals surface area (Å²) < 4.78 is 40.8. The molecule has 2 aromatic carbocycles. The average molecular weight is 387 g/mol. The fraction of sp³-hybridized carbons (Fsp3) is 0.200. The van der Waals surface area contributed by atoms with Gasteiger partial charge in [-0.25, -0.2) is 9.97 Å². The van der Waals surface area contributed by atoms with Crippen LogP contribution in [0.3, 0.4) is 0 Å². The van der Waals surface area contributed by atoms with Crippen LogP contribution in [0.2, 0.25) is 0 Å². The summed E-state index contributed by atoms with van der Waals surface area (Å²) in [6, 6.07) is 13.2. The number of hydrogen-bond donors (Lipinski definition) is 0. The van der Waals surface area contributed by atoms with Gasteiger partial charge in [0.05, 0.1) is 17.2 Å². The lowest BCUT2D eigenvalue weighted by atomic mass is 10.1. The third-order valence-corrected chi connectivity index (χ3v) is 5.38. The minimum Gasteiger partial charge on any atom is -0.326 e. The molecule has 0 unspecified atom stereocenters. The van der Waals surface area contributed by atoms with Gasteiger partial charge in [-0.05, 0) is 34.7 Å². The van der Waals surface area contributed by atoms with Gasteiger partial charge in [0.1, 0.15) is 11.5 Å². The molecule has 3 nitrogen and oxygen atoms in total. The summed E-state index contributed by atoms with van der Waals surface area (Å²) >= 11 is 1.69. The summed E-state index contributed by atoms with van der Waals surface area (Å²) in [6.45, 7) is 2.07. The Balaban J connectivity index is 1.95. The maximum absolute atomic E-state index is 13.0. The van der Waals surface area contributed by atoms with Gasteiger partial charge in [-0.2, -0.15) is 13.2 Å². The minimum atomic E-state index is -4.49. The molecular formula is C20H16F3N3S. The molecule has 27 heavy (non-hydrogen) atoms. The van der Waals surface area contributed by atoms with E-state index in [0.29, 0.717) is 11.3 Å². The van der Waals surface area contributed by atoms with Crippen molar-refractivity contribution in [2.75, 3.05) is 5.75 Å². The van der Waals surface area contributed by atoms with Gasteiger partial charge in [0.25, 0.3) is 0 Å².